The van der Waals surface area contributed by atoms with E-state index in [0.29, 0.717) is 46.1 Å². The number of hydrogen-bond acceptors (Lipinski definition) is 7. The number of nitrogens with one attached hydrogen (secondary N) is 2. The quantitative estimate of drug-likeness (QED) is 0.332. The number of carbonyl (C=O) groups excluding carboxylic acids is 2. The highest BCUT2D eigenvalue weighted by molar-refractivity contribution is 6.31. The Labute approximate surface area is 220 Å². The SMILES string of the molecule is COC(=O)c1cc2cc(NC(=O)[C@@H]3CCc4cc(-c5cc(Cl)ccc5-n5cnnn5)cc(=O)n43)ccc2[nH]1. The number of benzene rings is 2. The standard InChI is InChI=1S/C26H20ClN7O4/c1-38-26(37)21-10-15-8-17(3-5-20(15)30-21)29-25(36)23-7-4-18-9-14(11-24(35)34(18)23)19-12-16(27)2-6-22(19)33-13-28-31-32-33/h2-3,5-6,8-13,23,30H,4,7H2,1H3,(H,29,36)/t23-/m0/s1. The van der Waals surface area contributed by atoms with Crippen LogP contribution in [-0.4, -0.2) is 48.7 Å². The average Bonchev–Trinajstić information content (AvgIpc) is 3.67. The molecule has 12 heteroatoms. The van der Waals surface area contributed by atoms with Gasteiger partial charge in [0, 0.05) is 38.9 Å². The highest BCUT2D eigenvalue weighted by atomic mass is 35.5. The predicted octanol–water partition coefficient (Wildman–Crippen LogP) is 3.54. The lowest BCUT2D eigenvalue weighted by Gasteiger charge is -2.16. The number of halogens is 1. The summed E-state index contributed by atoms with van der Waals surface area (Å²) >= 11 is 6.27. The Balaban J connectivity index is 1.29. The number of rotatable bonds is 5. The molecule has 0 saturated heterocycles. The molecule has 2 aromatic carbocycles. The number of aromatic amines is 1. The molecule has 1 aliphatic rings. The van der Waals surface area contributed by atoms with Crippen LogP contribution in [0.5, 0.6) is 0 Å². The topological polar surface area (TPSA) is 137 Å². The molecule has 0 aliphatic carbocycles. The molecule has 2 N–H and O–H groups in total. The molecule has 38 heavy (non-hydrogen) atoms. The van der Waals surface area contributed by atoms with Gasteiger partial charge in [0.25, 0.3) is 5.56 Å². The lowest BCUT2D eigenvalue weighted by molar-refractivity contribution is -0.119. The first kappa shape index (κ1) is 23.6. The average molecular weight is 530 g/mol. The Bertz CT molecular complexity index is 1770. The second-order valence-corrected chi connectivity index (χ2v) is 9.32. The number of aryl methyl sites for hydroxylation is 1. The zero-order valence-corrected chi connectivity index (χ0v) is 20.8. The van der Waals surface area contributed by atoms with Gasteiger partial charge in [0.15, 0.2) is 0 Å². The predicted molar refractivity (Wildman–Crippen MR) is 139 cm³/mol. The fraction of sp³-hybridized carbons (Fsp3) is 0.154. The molecule has 6 rings (SSSR count). The fourth-order valence-electron chi connectivity index (χ4n) is 4.87. The van der Waals surface area contributed by atoms with E-state index in [4.69, 9.17) is 16.3 Å². The monoisotopic (exact) mass is 529 g/mol. The number of aromatic nitrogens is 6. The van der Waals surface area contributed by atoms with Gasteiger partial charge in [-0.1, -0.05) is 11.6 Å². The fourth-order valence-corrected chi connectivity index (χ4v) is 5.04. The van der Waals surface area contributed by atoms with Crippen LogP contribution in [0, 0.1) is 0 Å². The Morgan fingerprint density at radius 2 is 2.00 bits per heavy atom. The molecule has 0 radical (unpaired) electrons. The molecule has 190 valence electrons. The lowest BCUT2D eigenvalue weighted by Crippen LogP contribution is -2.31. The van der Waals surface area contributed by atoms with Crippen molar-refractivity contribution in [2.24, 2.45) is 0 Å². The molecular weight excluding hydrogens is 510 g/mol. The summed E-state index contributed by atoms with van der Waals surface area (Å²) in [6, 6.07) is 14.9. The summed E-state index contributed by atoms with van der Waals surface area (Å²) < 4.78 is 7.79. The first-order valence-corrected chi connectivity index (χ1v) is 12.1. The Hall–Kier alpha value is -4.77. The van der Waals surface area contributed by atoms with E-state index in [2.05, 4.69) is 25.8 Å². The van der Waals surface area contributed by atoms with Gasteiger partial charge in [0.1, 0.15) is 18.1 Å². The van der Waals surface area contributed by atoms with E-state index >= 15 is 0 Å². The molecule has 0 bridgehead atoms. The number of fused-ring (bicyclic) bond motifs is 2. The number of carbonyl (C=O) groups is 2. The normalized spacial score (nSPS) is 14.4. The summed E-state index contributed by atoms with van der Waals surface area (Å²) in [5, 5.41) is 15.5. The zero-order chi connectivity index (χ0) is 26.4. The number of anilines is 1. The molecule has 1 atom stereocenters. The van der Waals surface area contributed by atoms with Gasteiger partial charge >= 0.3 is 5.97 Å². The summed E-state index contributed by atoms with van der Waals surface area (Å²) in [6.45, 7) is 0. The number of pyridine rings is 1. The van der Waals surface area contributed by atoms with Crippen LogP contribution in [0.3, 0.4) is 0 Å². The van der Waals surface area contributed by atoms with Gasteiger partial charge in [-0.3, -0.25) is 9.59 Å². The van der Waals surface area contributed by atoms with E-state index in [1.165, 1.54) is 28.8 Å². The van der Waals surface area contributed by atoms with Crippen LogP contribution in [0.25, 0.3) is 27.7 Å². The van der Waals surface area contributed by atoms with E-state index in [1.807, 2.05) is 6.07 Å². The Morgan fingerprint density at radius 3 is 2.79 bits per heavy atom. The Morgan fingerprint density at radius 1 is 1.13 bits per heavy atom. The minimum Gasteiger partial charge on any atom is -0.464 e. The molecule has 3 aromatic heterocycles. The van der Waals surface area contributed by atoms with E-state index in [-0.39, 0.29) is 11.5 Å². The van der Waals surface area contributed by atoms with Crippen molar-refractivity contribution in [3.8, 4) is 16.8 Å². The number of methoxy groups -OCH3 is 1. The maximum Gasteiger partial charge on any atom is 0.354 e. The summed E-state index contributed by atoms with van der Waals surface area (Å²) in [5.41, 5.74) is 4.11. The molecule has 0 saturated carbocycles. The van der Waals surface area contributed by atoms with Crippen molar-refractivity contribution in [1.29, 1.82) is 0 Å². The maximum absolute atomic E-state index is 13.3. The van der Waals surface area contributed by atoms with Crippen LogP contribution in [0.1, 0.15) is 28.6 Å². The highest BCUT2D eigenvalue weighted by Gasteiger charge is 2.30. The van der Waals surface area contributed by atoms with Gasteiger partial charge in [-0.2, -0.15) is 4.68 Å². The molecule has 1 aliphatic heterocycles. The smallest absolute Gasteiger partial charge is 0.354 e. The Kier molecular flexibility index (Phi) is 5.76. The minimum atomic E-state index is -0.655. The van der Waals surface area contributed by atoms with Gasteiger partial charge in [-0.05, 0) is 77.4 Å². The first-order chi connectivity index (χ1) is 18.4. The third-order valence-electron chi connectivity index (χ3n) is 6.60. The van der Waals surface area contributed by atoms with Crippen molar-refractivity contribution in [2.75, 3.05) is 12.4 Å². The van der Waals surface area contributed by atoms with Crippen LogP contribution >= 0.6 is 11.6 Å². The molecule has 1 amide bonds. The van der Waals surface area contributed by atoms with Gasteiger partial charge in [0.2, 0.25) is 5.91 Å². The van der Waals surface area contributed by atoms with Gasteiger partial charge < -0.3 is 19.6 Å². The maximum atomic E-state index is 13.3. The van der Waals surface area contributed by atoms with Gasteiger partial charge in [-0.25, -0.2) is 4.79 Å². The minimum absolute atomic E-state index is 0.290. The van der Waals surface area contributed by atoms with Crippen molar-refractivity contribution in [3.05, 3.63) is 87.7 Å². The molecule has 11 nitrogen and oxygen atoms in total. The lowest BCUT2D eigenvalue weighted by atomic mass is 10.0. The van der Waals surface area contributed by atoms with Crippen molar-refractivity contribution in [1.82, 2.24) is 29.8 Å². The molecule has 0 spiro atoms. The van der Waals surface area contributed by atoms with E-state index in [9.17, 15) is 14.4 Å². The van der Waals surface area contributed by atoms with Crippen molar-refractivity contribution in [3.63, 3.8) is 0 Å². The molecular formula is C26H20ClN7O4. The van der Waals surface area contributed by atoms with Crippen LogP contribution in [0.15, 0.2) is 65.7 Å². The van der Waals surface area contributed by atoms with Crippen LogP contribution in [0.4, 0.5) is 5.69 Å². The van der Waals surface area contributed by atoms with Crippen LogP contribution in [0.2, 0.25) is 5.02 Å². The third-order valence-corrected chi connectivity index (χ3v) is 6.83. The molecule has 0 unspecified atom stereocenters. The van der Waals surface area contributed by atoms with Crippen LogP contribution < -0.4 is 10.9 Å². The summed E-state index contributed by atoms with van der Waals surface area (Å²) in [4.78, 5) is 41.3. The third kappa shape index (κ3) is 4.12. The number of nitrogens with zero attached hydrogens (tertiary/aromatic N) is 5. The second-order valence-electron chi connectivity index (χ2n) is 8.88. The molecule has 0 fully saturated rings. The van der Waals surface area contributed by atoms with Gasteiger partial charge in [-0.15, -0.1) is 5.10 Å². The highest BCUT2D eigenvalue weighted by Crippen LogP contribution is 2.33. The number of H-pyrrole nitrogens is 1. The largest absolute Gasteiger partial charge is 0.464 e. The van der Waals surface area contributed by atoms with E-state index in [1.54, 1.807) is 42.5 Å². The summed E-state index contributed by atoms with van der Waals surface area (Å²) in [5.74, 6) is -0.769. The number of tetrazole rings is 1. The summed E-state index contributed by atoms with van der Waals surface area (Å²) in [7, 11) is 1.31. The van der Waals surface area contributed by atoms with Crippen molar-refractivity contribution in [2.45, 2.75) is 18.9 Å². The zero-order valence-electron chi connectivity index (χ0n) is 20.0. The van der Waals surface area contributed by atoms with E-state index < -0.39 is 12.0 Å². The van der Waals surface area contributed by atoms with Crippen molar-refractivity contribution < 1.29 is 14.3 Å². The molecule has 4 heterocycles. The summed E-state index contributed by atoms with van der Waals surface area (Å²) in [6.07, 6.45) is 2.51. The first-order valence-electron chi connectivity index (χ1n) is 11.7. The van der Waals surface area contributed by atoms with E-state index in [0.717, 1.165) is 16.6 Å². The van der Waals surface area contributed by atoms with Crippen LogP contribution in [-0.2, 0) is 16.0 Å². The number of hydrogen-bond donors (Lipinski definition) is 2. The molecule has 5 aromatic rings. The second kappa shape index (κ2) is 9.27. The number of ether oxygens (including phenoxy) is 1. The number of amides is 1. The van der Waals surface area contributed by atoms with Gasteiger partial charge in [0.05, 0.1) is 12.8 Å². The van der Waals surface area contributed by atoms with Crippen molar-refractivity contribution >= 4 is 40.1 Å². The number of esters is 1.